The van der Waals surface area contributed by atoms with Crippen molar-refractivity contribution in [1.82, 2.24) is 20.0 Å². The van der Waals surface area contributed by atoms with Crippen molar-refractivity contribution in [2.24, 2.45) is 0 Å². The molecule has 1 aliphatic rings. The molecule has 8 nitrogen and oxygen atoms in total. The van der Waals surface area contributed by atoms with Crippen molar-refractivity contribution in [1.29, 1.82) is 0 Å². The molecule has 1 saturated heterocycles. The van der Waals surface area contributed by atoms with Crippen LogP contribution in [0.2, 0.25) is 0 Å². The zero-order valence-corrected chi connectivity index (χ0v) is 15.5. The summed E-state index contributed by atoms with van der Waals surface area (Å²) in [6, 6.07) is 12.8. The largest absolute Gasteiger partial charge is 0.439 e. The van der Waals surface area contributed by atoms with Gasteiger partial charge >= 0.3 is 6.03 Å². The monoisotopic (exact) mass is 379 g/mol. The Morgan fingerprint density at radius 3 is 2.82 bits per heavy atom. The van der Waals surface area contributed by atoms with Gasteiger partial charge in [-0.3, -0.25) is 0 Å². The standard InChI is InChI=1S/C20H21N5O3/c1-14-22-19(24-28-14)15-6-5-11-25(13-15)20(26)23-16-9-10-18(21-12-16)27-17-7-3-2-4-8-17/h2-4,7-10,12,15H,5-6,11,13H2,1H3,(H,23,26)/t15-/m0/s1. The number of rotatable bonds is 4. The second-order valence-corrected chi connectivity index (χ2v) is 6.69. The number of nitrogens with one attached hydrogen (secondary N) is 1. The van der Waals surface area contributed by atoms with Crippen molar-refractivity contribution in [3.63, 3.8) is 0 Å². The van der Waals surface area contributed by atoms with Crippen LogP contribution >= 0.6 is 0 Å². The average molecular weight is 379 g/mol. The lowest BCUT2D eigenvalue weighted by molar-refractivity contribution is 0.190. The van der Waals surface area contributed by atoms with Gasteiger partial charge in [0.25, 0.3) is 0 Å². The first-order valence-electron chi connectivity index (χ1n) is 9.22. The van der Waals surface area contributed by atoms with Crippen molar-refractivity contribution < 1.29 is 14.1 Å². The summed E-state index contributed by atoms with van der Waals surface area (Å²) >= 11 is 0. The van der Waals surface area contributed by atoms with Gasteiger partial charge in [0.2, 0.25) is 11.8 Å². The van der Waals surface area contributed by atoms with Gasteiger partial charge in [-0.1, -0.05) is 23.4 Å². The third kappa shape index (κ3) is 4.28. The highest BCUT2D eigenvalue weighted by Gasteiger charge is 2.27. The number of aromatic nitrogens is 3. The SMILES string of the molecule is Cc1nc([C@H]2CCCN(C(=O)Nc3ccc(Oc4ccccc4)nc3)C2)no1. The second-order valence-electron chi connectivity index (χ2n) is 6.69. The van der Waals surface area contributed by atoms with E-state index in [4.69, 9.17) is 9.26 Å². The Kier molecular flexibility index (Phi) is 5.18. The van der Waals surface area contributed by atoms with Crippen LogP contribution in [-0.2, 0) is 0 Å². The Labute approximate surface area is 162 Å². The number of carbonyl (C=O) groups is 1. The number of piperidine rings is 1. The molecule has 3 aromatic rings. The van der Waals surface area contributed by atoms with Crippen molar-refractivity contribution in [2.75, 3.05) is 18.4 Å². The number of ether oxygens (including phenoxy) is 1. The molecule has 28 heavy (non-hydrogen) atoms. The number of aryl methyl sites for hydroxylation is 1. The van der Waals surface area contributed by atoms with Crippen LogP contribution in [0.25, 0.3) is 0 Å². The van der Waals surface area contributed by atoms with E-state index in [-0.39, 0.29) is 11.9 Å². The van der Waals surface area contributed by atoms with Crippen LogP contribution in [0.3, 0.4) is 0 Å². The maximum Gasteiger partial charge on any atom is 0.321 e. The minimum atomic E-state index is -0.163. The third-order valence-corrected chi connectivity index (χ3v) is 4.57. The van der Waals surface area contributed by atoms with E-state index in [2.05, 4.69) is 20.4 Å². The predicted octanol–water partition coefficient (Wildman–Crippen LogP) is 3.98. The Balaban J connectivity index is 1.35. The Hall–Kier alpha value is -3.42. The molecule has 1 aliphatic heterocycles. The van der Waals surface area contributed by atoms with Gasteiger partial charge in [-0.2, -0.15) is 4.98 Å². The number of benzene rings is 1. The molecule has 0 radical (unpaired) electrons. The summed E-state index contributed by atoms with van der Waals surface area (Å²) in [6.45, 7) is 3.03. The summed E-state index contributed by atoms with van der Waals surface area (Å²) < 4.78 is 10.7. The van der Waals surface area contributed by atoms with Gasteiger partial charge in [0, 0.05) is 32.0 Å². The van der Waals surface area contributed by atoms with Gasteiger partial charge in [0.05, 0.1) is 11.9 Å². The van der Waals surface area contributed by atoms with Crippen LogP contribution in [0, 0.1) is 6.92 Å². The first-order valence-corrected chi connectivity index (χ1v) is 9.22. The van der Waals surface area contributed by atoms with Gasteiger partial charge < -0.3 is 19.5 Å². The van der Waals surface area contributed by atoms with E-state index >= 15 is 0 Å². The molecule has 3 heterocycles. The quantitative estimate of drug-likeness (QED) is 0.737. The van der Waals surface area contributed by atoms with Crippen molar-refractivity contribution in [2.45, 2.75) is 25.7 Å². The van der Waals surface area contributed by atoms with E-state index in [0.717, 1.165) is 12.8 Å². The van der Waals surface area contributed by atoms with Gasteiger partial charge in [0.1, 0.15) is 5.75 Å². The van der Waals surface area contributed by atoms with Crippen molar-refractivity contribution in [3.8, 4) is 11.6 Å². The van der Waals surface area contributed by atoms with Crippen molar-refractivity contribution >= 4 is 11.7 Å². The molecule has 0 unspecified atom stereocenters. The molecule has 1 N–H and O–H groups in total. The molecule has 0 aliphatic carbocycles. The molecule has 0 bridgehead atoms. The number of hydrogen-bond donors (Lipinski definition) is 1. The summed E-state index contributed by atoms with van der Waals surface area (Å²) in [5.41, 5.74) is 0.614. The zero-order chi connectivity index (χ0) is 19.3. The smallest absolute Gasteiger partial charge is 0.321 e. The number of nitrogens with zero attached hydrogens (tertiary/aromatic N) is 4. The molecule has 4 rings (SSSR count). The topological polar surface area (TPSA) is 93.4 Å². The minimum Gasteiger partial charge on any atom is -0.439 e. The number of amides is 2. The van der Waals surface area contributed by atoms with Crippen LogP contribution in [0.1, 0.15) is 30.5 Å². The van der Waals surface area contributed by atoms with Crippen LogP contribution in [0.5, 0.6) is 11.6 Å². The summed E-state index contributed by atoms with van der Waals surface area (Å²) in [4.78, 5) is 22.9. The Bertz CT molecular complexity index is 927. The van der Waals surface area contributed by atoms with Crippen LogP contribution in [0.4, 0.5) is 10.5 Å². The lowest BCUT2D eigenvalue weighted by Crippen LogP contribution is -2.41. The Morgan fingerprint density at radius 1 is 1.25 bits per heavy atom. The van der Waals surface area contributed by atoms with E-state index in [1.807, 2.05) is 30.3 Å². The molecule has 1 atom stereocenters. The van der Waals surface area contributed by atoms with Gasteiger partial charge in [-0.05, 0) is 31.0 Å². The summed E-state index contributed by atoms with van der Waals surface area (Å²) in [6.07, 6.45) is 3.42. The Morgan fingerprint density at radius 2 is 2.11 bits per heavy atom. The number of urea groups is 1. The molecule has 1 aromatic carbocycles. The maximum atomic E-state index is 12.6. The molecular formula is C20H21N5O3. The summed E-state index contributed by atoms with van der Waals surface area (Å²) in [7, 11) is 0. The highest BCUT2D eigenvalue weighted by atomic mass is 16.5. The number of likely N-dealkylation sites (tertiary alicyclic amines) is 1. The number of pyridine rings is 1. The molecular weight excluding hydrogens is 358 g/mol. The number of hydrogen-bond acceptors (Lipinski definition) is 6. The lowest BCUT2D eigenvalue weighted by atomic mass is 9.98. The fourth-order valence-corrected chi connectivity index (χ4v) is 3.18. The predicted molar refractivity (Wildman–Crippen MR) is 102 cm³/mol. The van der Waals surface area contributed by atoms with Crippen LogP contribution < -0.4 is 10.1 Å². The first kappa shape index (κ1) is 18.0. The minimum absolute atomic E-state index is 0.0942. The highest BCUT2D eigenvalue weighted by Crippen LogP contribution is 2.25. The lowest BCUT2D eigenvalue weighted by Gasteiger charge is -2.31. The summed E-state index contributed by atoms with van der Waals surface area (Å²) in [5.74, 6) is 2.48. The highest BCUT2D eigenvalue weighted by molar-refractivity contribution is 5.89. The van der Waals surface area contributed by atoms with E-state index in [1.54, 1.807) is 30.2 Å². The average Bonchev–Trinajstić information content (AvgIpc) is 3.17. The normalized spacial score (nSPS) is 16.6. The fraction of sp³-hybridized carbons (Fsp3) is 0.300. The summed E-state index contributed by atoms with van der Waals surface area (Å²) in [5, 5.41) is 6.88. The number of para-hydroxylation sites is 1. The molecule has 8 heteroatoms. The van der Waals surface area contributed by atoms with E-state index in [9.17, 15) is 4.79 Å². The van der Waals surface area contributed by atoms with Gasteiger partial charge in [0.15, 0.2) is 5.82 Å². The second kappa shape index (κ2) is 8.08. The molecule has 2 amide bonds. The molecule has 0 saturated carbocycles. The molecule has 144 valence electrons. The maximum absolute atomic E-state index is 12.6. The van der Waals surface area contributed by atoms with E-state index in [0.29, 0.717) is 42.1 Å². The zero-order valence-electron chi connectivity index (χ0n) is 15.5. The van der Waals surface area contributed by atoms with E-state index in [1.165, 1.54) is 0 Å². The molecule has 1 fully saturated rings. The van der Waals surface area contributed by atoms with Crippen LogP contribution in [-0.4, -0.2) is 39.1 Å². The van der Waals surface area contributed by atoms with Crippen LogP contribution in [0.15, 0.2) is 53.2 Å². The molecule has 2 aromatic heterocycles. The first-order chi connectivity index (χ1) is 13.7. The van der Waals surface area contributed by atoms with Gasteiger partial charge in [-0.15, -0.1) is 0 Å². The number of carbonyl (C=O) groups excluding carboxylic acids is 1. The van der Waals surface area contributed by atoms with E-state index < -0.39 is 0 Å². The van der Waals surface area contributed by atoms with Crippen molar-refractivity contribution in [3.05, 3.63) is 60.4 Å². The number of anilines is 1. The fourth-order valence-electron chi connectivity index (χ4n) is 3.18. The van der Waals surface area contributed by atoms with Gasteiger partial charge in [-0.25, -0.2) is 9.78 Å². The third-order valence-electron chi connectivity index (χ3n) is 4.57. The molecule has 0 spiro atoms.